The van der Waals surface area contributed by atoms with Crippen LogP contribution in [-0.2, 0) is 25.5 Å². The van der Waals surface area contributed by atoms with Crippen LogP contribution in [0.5, 0.6) is 5.75 Å². The molecule has 0 radical (unpaired) electrons. The first-order valence-corrected chi connectivity index (χ1v) is 11.5. The fraction of sp³-hybridized carbons (Fsp3) is 0.250. The number of hydrogen-bond acceptors (Lipinski definition) is 7. The smallest absolute Gasteiger partial charge is 0.265 e. The molecular formula is C24H24N4O5S. The molecule has 0 atom stereocenters. The van der Waals surface area contributed by atoms with Crippen LogP contribution in [-0.4, -0.2) is 49.6 Å². The maximum Gasteiger partial charge on any atom is 0.265 e. The van der Waals surface area contributed by atoms with E-state index in [1.54, 1.807) is 48.8 Å². The van der Waals surface area contributed by atoms with Crippen LogP contribution in [0.15, 0.2) is 47.8 Å². The summed E-state index contributed by atoms with van der Waals surface area (Å²) in [5.74, 6) is -0.301. The number of carbonyl (C=O) groups excluding carboxylic acids is 3. The highest BCUT2D eigenvalue weighted by Crippen LogP contribution is 2.36. The summed E-state index contributed by atoms with van der Waals surface area (Å²) in [6, 6.07) is 12.2. The third-order valence-electron chi connectivity index (χ3n) is 5.06. The number of anilines is 3. The van der Waals surface area contributed by atoms with Crippen LogP contribution in [0.1, 0.15) is 11.9 Å². The van der Waals surface area contributed by atoms with Gasteiger partial charge >= 0.3 is 0 Å². The van der Waals surface area contributed by atoms with E-state index in [-0.39, 0.29) is 30.9 Å². The molecule has 1 aliphatic heterocycles. The van der Waals surface area contributed by atoms with Gasteiger partial charge < -0.3 is 20.1 Å². The summed E-state index contributed by atoms with van der Waals surface area (Å²) in [4.78, 5) is 42.5. The molecule has 0 saturated heterocycles. The Bertz CT molecular complexity index is 1210. The Morgan fingerprint density at radius 1 is 1.15 bits per heavy atom. The lowest BCUT2D eigenvalue weighted by atomic mass is 10.1. The number of benzene rings is 2. The average Bonchev–Trinajstić information content (AvgIpc) is 3.29. The van der Waals surface area contributed by atoms with Crippen molar-refractivity contribution in [2.75, 3.05) is 42.4 Å². The molecule has 1 aromatic heterocycles. The molecule has 0 spiro atoms. The van der Waals surface area contributed by atoms with E-state index in [1.807, 2.05) is 17.5 Å². The molecule has 0 bridgehead atoms. The summed E-state index contributed by atoms with van der Waals surface area (Å²) in [7, 11) is 1.65. The number of ether oxygens (including phenoxy) is 2. The van der Waals surface area contributed by atoms with E-state index in [0.717, 1.165) is 22.7 Å². The van der Waals surface area contributed by atoms with Gasteiger partial charge in [-0.2, -0.15) is 0 Å². The van der Waals surface area contributed by atoms with Gasteiger partial charge in [-0.25, -0.2) is 4.98 Å². The fourth-order valence-corrected chi connectivity index (χ4v) is 4.26. The molecule has 2 N–H and O–H groups in total. The largest absolute Gasteiger partial charge is 0.482 e. The first kappa shape index (κ1) is 23.4. The van der Waals surface area contributed by atoms with Crippen molar-refractivity contribution < 1.29 is 23.9 Å². The molecule has 0 saturated carbocycles. The number of thiazole rings is 1. The maximum atomic E-state index is 12.7. The lowest BCUT2D eigenvalue weighted by molar-refractivity contribution is -0.123. The second-order valence-corrected chi connectivity index (χ2v) is 8.57. The van der Waals surface area contributed by atoms with Crippen molar-refractivity contribution in [1.82, 2.24) is 4.98 Å². The van der Waals surface area contributed by atoms with E-state index in [1.165, 1.54) is 11.8 Å². The molecule has 2 aromatic carbocycles. The van der Waals surface area contributed by atoms with Crippen molar-refractivity contribution in [2.24, 2.45) is 0 Å². The van der Waals surface area contributed by atoms with E-state index in [2.05, 4.69) is 15.6 Å². The van der Waals surface area contributed by atoms with Gasteiger partial charge in [-0.1, -0.05) is 0 Å². The maximum absolute atomic E-state index is 12.7. The topological polar surface area (TPSA) is 110 Å². The Morgan fingerprint density at radius 3 is 2.59 bits per heavy atom. The highest BCUT2D eigenvalue weighted by molar-refractivity contribution is 7.09. The minimum Gasteiger partial charge on any atom is -0.482 e. The number of aromatic nitrogens is 1. The number of methoxy groups -OCH3 is 1. The first-order chi connectivity index (χ1) is 16.4. The number of nitrogens with zero attached hydrogens (tertiary/aromatic N) is 2. The molecule has 0 aliphatic carbocycles. The van der Waals surface area contributed by atoms with E-state index in [4.69, 9.17) is 9.47 Å². The van der Waals surface area contributed by atoms with Crippen LogP contribution in [0.4, 0.5) is 17.1 Å². The van der Waals surface area contributed by atoms with Crippen molar-refractivity contribution in [2.45, 2.75) is 13.3 Å². The van der Waals surface area contributed by atoms with Crippen molar-refractivity contribution in [3.05, 3.63) is 52.9 Å². The van der Waals surface area contributed by atoms with Gasteiger partial charge in [-0.05, 0) is 42.5 Å². The van der Waals surface area contributed by atoms with Crippen molar-refractivity contribution >= 4 is 46.1 Å². The molecule has 176 valence electrons. The Kier molecular flexibility index (Phi) is 7.19. The highest BCUT2D eigenvalue weighted by atomic mass is 32.1. The van der Waals surface area contributed by atoms with E-state index >= 15 is 0 Å². The van der Waals surface area contributed by atoms with Gasteiger partial charge in [0.25, 0.3) is 5.91 Å². The standard InChI is InChI=1S/C24H24N4O5S/c1-15(29)25-17-4-6-18(7-5-17)26-22(30)12-28-20-11-16(3-8-21(20)33-13-24(28)31)19-14-34-23(27-19)9-10-32-2/h3-8,11,14H,9-10,12-13H2,1-2H3,(H,25,29)(H,26,30). The predicted molar refractivity (Wildman–Crippen MR) is 130 cm³/mol. The Morgan fingerprint density at radius 2 is 1.88 bits per heavy atom. The highest BCUT2D eigenvalue weighted by Gasteiger charge is 2.28. The molecule has 34 heavy (non-hydrogen) atoms. The fourth-order valence-electron chi connectivity index (χ4n) is 3.47. The SMILES string of the molecule is COCCc1nc(-c2ccc3c(c2)N(CC(=O)Nc2ccc(NC(C)=O)cc2)C(=O)CO3)cs1. The zero-order chi connectivity index (χ0) is 24.1. The number of hydrogen-bond donors (Lipinski definition) is 2. The molecule has 1 aliphatic rings. The molecule has 9 nitrogen and oxygen atoms in total. The van der Waals surface area contributed by atoms with Gasteiger partial charge in [0.15, 0.2) is 6.61 Å². The van der Waals surface area contributed by atoms with Crippen LogP contribution < -0.4 is 20.3 Å². The van der Waals surface area contributed by atoms with E-state index in [0.29, 0.717) is 29.4 Å². The van der Waals surface area contributed by atoms with Gasteiger partial charge in [-0.3, -0.25) is 19.3 Å². The minimum atomic E-state index is -0.352. The first-order valence-electron chi connectivity index (χ1n) is 10.6. The molecule has 3 aromatic rings. The quantitative estimate of drug-likeness (QED) is 0.512. The third kappa shape index (κ3) is 5.59. The second-order valence-electron chi connectivity index (χ2n) is 7.63. The van der Waals surface area contributed by atoms with Gasteiger partial charge in [0.2, 0.25) is 11.8 Å². The van der Waals surface area contributed by atoms with E-state index < -0.39 is 0 Å². The third-order valence-corrected chi connectivity index (χ3v) is 5.97. The van der Waals surface area contributed by atoms with Crippen LogP contribution in [0.3, 0.4) is 0 Å². The number of fused-ring (bicyclic) bond motifs is 1. The zero-order valence-electron chi connectivity index (χ0n) is 18.8. The van der Waals surface area contributed by atoms with Crippen LogP contribution >= 0.6 is 11.3 Å². The Hall–Kier alpha value is -3.76. The summed E-state index contributed by atoms with van der Waals surface area (Å²) in [5.41, 5.74) is 3.33. The van der Waals surface area contributed by atoms with Gasteiger partial charge in [0.1, 0.15) is 12.3 Å². The molecule has 0 fully saturated rings. The van der Waals surface area contributed by atoms with E-state index in [9.17, 15) is 14.4 Å². The number of carbonyl (C=O) groups is 3. The van der Waals surface area contributed by atoms with Crippen LogP contribution in [0.2, 0.25) is 0 Å². The normalized spacial score (nSPS) is 12.6. The van der Waals surface area contributed by atoms with Gasteiger partial charge in [0, 0.05) is 42.8 Å². The summed E-state index contributed by atoms with van der Waals surface area (Å²) in [6.07, 6.45) is 0.728. The Balaban J connectivity index is 1.49. The summed E-state index contributed by atoms with van der Waals surface area (Å²) in [5, 5.41) is 8.37. The molecule has 2 heterocycles. The van der Waals surface area contributed by atoms with Crippen molar-refractivity contribution in [1.29, 1.82) is 0 Å². The predicted octanol–water partition coefficient (Wildman–Crippen LogP) is 3.32. The summed E-state index contributed by atoms with van der Waals surface area (Å²) >= 11 is 1.55. The lowest BCUT2D eigenvalue weighted by Gasteiger charge is -2.29. The molecule has 3 amide bonds. The molecule has 10 heteroatoms. The molecule has 0 unspecified atom stereocenters. The van der Waals surface area contributed by atoms with Crippen molar-refractivity contribution in [3.8, 4) is 17.0 Å². The molecular weight excluding hydrogens is 456 g/mol. The number of nitrogens with one attached hydrogen (secondary N) is 2. The Labute approximate surface area is 200 Å². The summed E-state index contributed by atoms with van der Waals surface area (Å²) in [6.45, 7) is 1.72. The lowest BCUT2D eigenvalue weighted by Crippen LogP contribution is -2.43. The monoisotopic (exact) mass is 480 g/mol. The van der Waals surface area contributed by atoms with Crippen molar-refractivity contribution in [3.63, 3.8) is 0 Å². The minimum absolute atomic E-state index is 0.136. The van der Waals surface area contributed by atoms with Gasteiger partial charge in [-0.15, -0.1) is 11.3 Å². The second kappa shape index (κ2) is 10.4. The summed E-state index contributed by atoms with van der Waals surface area (Å²) < 4.78 is 10.7. The zero-order valence-corrected chi connectivity index (χ0v) is 19.6. The van der Waals surface area contributed by atoms with Gasteiger partial charge in [0.05, 0.1) is 23.0 Å². The van der Waals surface area contributed by atoms with Crippen LogP contribution in [0.25, 0.3) is 11.3 Å². The molecule has 4 rings (SSSR count). The number of rotatable bonds is 8. The average molecular weight is 481 g/mol. The van der Waals surface area contributed by atoms with Crippen LogP contribution in [0, 0.1) is 0 Å². The number of amides is 3.